The third kappa shape index (κ3) is 5.57. The number of nitrogens with zero attached hydrogens (tertiary/aromatic N) is 1. The quantitative estimate of drug-likeness (QED) is 0.477. The Bertz CT molecular complexity index is 1120. The first-order valence-electron chi connectivity index (χ1n) is 10.4. The Hall–Kier alpha value is -3.26. The molecule has 3 aromatic carbocycles. The fourth-order valence-corrected chi connectivity index (χ4v) is 4.80. The normalized spacial score (nSPS) is 16.2. The summed E-state index contributed by atoms with van der Waals surface area (Å²) >= 11 is 1.41. The molecule has 33 heavy (non-hydrogen) atoms. The van der Waals surface area contributed by atoms with Crippen LogP contribution in [0.1, 0.15) is 28.5 Å². The van der Waals surface area contributed by atoms with Crippen LogP contribution in [0.5, 0.6) is 0 Å². The fourth-order valence-electron chi connectivity index (χ4n) is 3.62. The molecule has 0 saturated carbocycles. The first-order chi connectivity index (χ1) is 15.8. The molecule has 0 aromatic heterocycles. The maximum atomic E-state index is 12.9. The second kappa shape index (κ2) is 9.70. The molecule has 3 aromatic rings. The van der Waals surface area contributed by atoms with Crippen molar-refractivity contribution in [1.29, 1.82) is 0 Å². The molecule has 0 radical (unpaired) electrons. The van der Waals surface area contributed by atoms with Crippen LogP contribution in [0.2, 0.25) is 0 Å². The van der Waals surface area contributed by atoms with Crippen molar-refractivity contribution < 1.29 is 22.8 Å². The molecule has 1 N–H and O–H groups in total. The fraction of sp³-hybridized carbons (Fsp3) is 0.200. The van der Waals surface area contributed by atoms with Crippen LogP contribution in [0.25, 0.3) is 0 Å². The van der Waals surface area contributed by atoms with Crippen LogP contribution in [0.3, 0.4) is 0 Å². The van der Waals surface area contributed by atoms with E-state index in [1.807, 2.05) is 42.5 Å². The monoisotopic (exact) mass is 470 g/mol. The molecule has 8 heteroatoms. The highest BCUT2D eigenvalue weighted by atomic mass is 32.2. The summed E-state index contributed by atoms with van der Waals surface area (Å²) in [6.07, 6.45) is -3.42. The van der Waals surface area contributed by atoms with Gasteiger partial charge in [0.2, 0.25) is 11.8 Å². The van der Waals surface area contributed by atoms with Gasteiger partial charge in [0.15, 0.2) is 0 Å². The molecule has 0 bridgehead atoms. The van der Waals surface area contributed by atoms with Crippen molar-refractivity contribution in [2.24, 2.45) is 0 Å². The summed E-state index contributed by atoms with van der Waals surface area (Å²) in [5.74, 6) is -0.0182. The van der Waals surface area contributed by atoms with Crippen molar-refractivity contribution in [3.05, 3.63) is 95.6 Å². The number of hydrogen-bond acceptors (Lipinski definition) is 3. The van der Waals surface area contributed by atoms with Gasteiger partial charge in [-0.25, -0.2) is 0 Å². The number of aryl methyl sites for hydroxylation is 1. The molecule has 170 valence electrons. The van der Waals surface area contributed by atoms with Crippen LogP contribution in [0.15, 0.2) is 78.9 Å². The molecule has 0 spiro atoms. The van der Waals surface area contributed by atoms with Crippen molar-refractivity contribution in [2.45, 2.75) is 24.4 Å². The molecule has 1 aliphatic heterocycles. The number of thioether (sulfide) groups is 1. The molecule has 1 atom stereocenters. The Morgan fingerprint density at radius 1 is 0.970 bits per heavy atom. The van der Waals surface area contributed by atoms with E-state index in [0.717, 1.165) is 23.3 Å². The van der Waals surface area contributed by atoms with Crippen LogP contribution >= 0.6 is 11.8 Å². The van der Waals surface area contributed by atoms with Crippen LogP contribution in [-0.4, -0.2) is 17.6 Å². The minimum Gasteiger partial charge on any atom is -0.326 e. The topological polar surface area (TPSA) is 49.4 Å². The predicted octanol–water partition coefficient (Wildman–Crippen LogP) is 6.06. The van der Waals surface area contributed by atoms with Crippen LogP contribution in [0.4, 0.5) is 24.5 Å². The highest BCUT2D eigenvalue weighted by Crippen LogP contribution is 2.42. The Kier molecular flexibility index (Phi) is 6.74. The van der Waals surface area contributed by atoms with Gasteiger partial charge in [-0.3, -0.25) is 14.5 Å². The molecule has 1 fully saturated rings. The number of rotatable bonds is 6. The number of hydrogen-bond donors (Lipinski definition) is 1. The first-order valence-corrected chi connectivity index (χ1v) is 11.4. The van der Waals surface area contributed by atoms with Crippen molar-refractivity contribution in [3.8, 4) is 0 Å². The van der Waals surface area contributed by atoms with Crippen molar-refractivity contribution in [1.82, 2.24) is 0 Å². The molecule has 4 nitrogen and oxygen atoms in total. The minimum atomic E-state index is -4.43. The van der Waals surface area contributed by atoms with E-state index in [1.165, 1.54) is 28.8 Å². The lowest BCUT2D eigenvalue weighted by Crippen LogP contribution is -2.27. The minimum absolute atomic E-state index is 0.0941. The number of benzene rings is 3. The van der Waals surface area contributed by atoms with Gasteiger partial charge in [-0.15, -0.1) is 11.8 Å². The summed E-state index contributed by atoms with van der Waals surface area (Å²) in [7, 11) is 0. The predicted molar refractivity (Wildman–Crippen MR) is 124 cm³/mol. The number of anilines is 2. The van der Waals surface area contributed by atoms with Gasteiger partial charge in [0.25, 0.3) is 0 Å². The van der Waals surface area contributed by atoms with Crippen molar-refractivity contribution >= 4 is 35.0 Å². The third-order valence-electron chi connectivity index (χ3n) is 5.30. The molecule has 1 heterocycles. The zero-order valence-corrected chi connectivity index (χ0v) is 18.3. The van der Waals surface area contributed by atoms with E-state index in [0.29, 0.717) is 24.2 Å². The van der Waals surface area contributed by atoms with E-state index in [4.69, 9.17) is 0 Å². The van der Waals surface area contributed by atoms with E-state index in [2.05, 4.69) is 5.32 Å². The Morgan fingerprint density at radius 3 is 2.27 bits per heavy atom. The highest BCUT2D eigenvalue weighted by molar-refractivity contribution is 8.00. The standard InChI is InChI=1S/C25H21F3N2O2S/c26-25(27,28)19-9-13-21(14-10-19)30-23(32)16-33-24(30)18-7-11-20(12-8-18)29-22(31)15-6-17-4-2-1-3-5-17/h1-5,7-14,24H,6,15-16H2,(H,29,31). The summed E-state index contributed by atoms with van der Waals surface area (Å²) < 4.78 is 38.6. The van der Waals surface area contributed by atoms with Gasteiger partial charge in [0, 0.05) is 17.8 Å². The molecular formula is C25H21F3N2O2S. The molecule has 0 aliphatic carbocycles. The Balaban J connectivity index is 1.42. The smallest absolute Gasteiger partial charge is 0.326 e. The van der Waals surface area contributed by atoms with Gasteiger partial charge >= 0.3 is 6.18 Å². The third-order valence-corrected chi connectivity index (χ3v) is 6.52. The second-order valence-corrected chi connectivity index (χ2v) is 8.70. The maximum Gasteiger partial charge on any atom is 0.416 e. The van der Waals surface area contributed by atoms with Gasteiger partial charge in [0.05, 0.1) is 11.3 Å². The first kappa shape index (κ1) is 22.9. The Labute approximate surface area is 193 Å². The van der Waals surface area contributed by atoms with Crippen LogP contribution in [-0.2, 0) is 22.2 Å². The van der Waals surface area contributed by atoms with E-state index < -0.39 is 11.7 Å². The van der Waals surface area contributed by atoms with E-state index in [1.54, 1.807) is 12.1 Å². The van der Waals surface area contributed by atoms with Crippen LogP contribution in [0, 0.1) is 0 Å². The van der Waals surface area contributed by atoms with Gasteiger partial charge in [-0.1, -0.05) is 42.5 Å². The van der Waals surface area contributed by atoms with Gasteiger partial charge < -0.3 is 5.32 Å². The summed E-state index contributed by atoms with van der Waals surface area (Å²) in [6, 6.07) is 21.5. The zero-order chi connectivity index (χ0) is 23.4. The lowest BCUT2D eigenvalue weighted by atomic mass is 10.1. The average molecular weight is 471 g/mol. The summed E-state index contributed by atoms with van der Waals surface area (Å²) in [5.41, 5.74) is 2.23. The number of carbonyl (C=O) groups is 2. The van der Waals surface area contributed by atoms with E-state index in [9.17, 15) is 22.8 Å². The number of alkyl halides is 3. The highest BCUT2D eigenvalue weighted by Gasteiger charge is 2.35. The molecule has 1 saturated heterocycles. The molecule has 1 unspecified atom stereocenters. The summed E-state index contributed by atoms with van der Waals surface area (Å²) in [6.45, 7) is 0. The number of nitrogens with one attached hydrogen (secondary N) is 1. The second-order valence-electron chi connectivity index (χ2n) is 7.63. The molecule has 2 amide bonds. The molecule has 4 rings (SSSR count). The van der Waals surface area contributed by atoms with Crippen molar-refractivity contribution in [2.75, 3.05) is 16.0 Å². The SMILES string of the molecule is O=C(CCc1ccccc1)Nc1ccc(C2SCC(=O)N2c2ccc(C(F)(F)F)cc2)cc1. The molecule has 1 aliphatic rings. The lowest BCUT2D eigenvalue weighted by Gasteiger charge is -2.25. The van der Waals surface area contributed by atoms with Gasteiger partial charge in [-0.05, 0) is 53.9 Å². The largest absolute Gasteiger partial charge is 0.416 e. The van der Waals surface area contributed by atoms with E-state index in [-0.39, 0.29) is 22.9 Å². The number of carbonyl (C=O) groups excluding carboxylic acids is 2. The zero-order valence-electron chi connectivity index (χ0n) is 17.5. The van der Waals surface area contributed by atoms with Gasteiger partial charge in [0.1, 0.15) is 5.37 Å². The average Bonchev–Trinajstić information content (AvgIpc) is 3.20. The lowest BCUT2D eigenvalue weighted by molar-refractivity contribution is -0.137. The van der Waals surface area contributed by atoms with E-state index >= 15 is 0 Å². The van der Waals surface area contributed by atoms with Crippen molar-refractivity contribution in [3.63, 3.8) is 0 Å². The maximum absolute atomic E-state index is 12.9. The Morgan fingerprint density at radius 2 is 1.64 bits per heavy atom. The van der Waals surface area contributed by atoms with Crippen LogP contribution < -0.4 is 10.2 Å². The number of halogens is 3. The van der Waals surface area contributed by atoms with Gasteiger partial charge in [-0.2, -0.15) is 13.2 Å². The summed E-state index contributed by atoms with van der Waals surface area (Å²) in [4.78, 5) is 26.2. The summed E-state index contributed by atoms with van der Waals surface area (Å²) in [5, 5.41) is 2.52. The number of amides is 2. The molecular weight excluding hydrogens is 449 g/mol.